The molecule has 0 saturated carbocycles. The SMILES string of the molecule is CC(C)CNC(N)=NCc1ccnc(N(C)C)c1.I. The van der Waals surface area contributed by atoms with Crippen LogP contribution in [0, 0.1) is 5.92 Å². The molecule has 108 valence electrons. The predicted molar refractivity (Wildman–Crippen MR) is 92.1 cm³/mol. The summed E-state index contributed by atoms with van der Waals surface area (Å²) in [5.41, 5.74) is 6.88. The standard InChI is InChI=1S/C13H23N5.HI/c1-10(2)8-16-13(14)17-9-11-5-6-15-12(7-11)18(3)4;/h5-7,10H,8-9H2,1-4H3,(H3,14,16,17);1H. The van der Waals surface area contributed by atoms with Crippen molar-refractivity contribution in [1.29, 1.82) is 0 Å². The quantitative estimate of drug-likeness (QED) is 0.467. The molecule has 0 spiro atoms. The van der Waals surface area contributed by atoms with E-state index in [0.717, 1.165) is 17.9 Å². The molecule has 1 aromatic rings. The molecule has 3 N–H and O–H groups in total. The van der Waals surface area contributed by atoms with Crippen LogP contribution in [-0.2, 0) is 6.54 Å². The molecule has 0 radical (unpaired) electrons. The van der Waals surface area contributed by atoms with Crippen molar-refractivity contribution in [3.8, 4) is 0 Å². The molecule has 19 heavy (non-hydrogen) atoms. The van der Waals surface area contributed by atoms with Crippen molar-refractivity contribution in [3.63, 3.8) is 0 Å². The first kappa shape index (κ1) is 17.9. The molecule has 1 aromatic heterocycles. The third-order valence-corrected chi connectivity index (χ3v) is 2.39. The average Bonchev–Trinajstić information content (AvgIpc) is 2.34. The van der Waals surface area contributed by atoms with E-state index in [1.165, 1.54) is 0 Å². The topological polar surface area (TPSA) is 66.5 Å². The minimum atomic E-state index is 0. The van der Waals surface area contributed by atoms with Crippen LogP contribution >= 0.6 is 24.0 Å². The van der Waals surface area contributed by atoms with E-state index in [0.29, 0.717) is 18.4 Å². The van der Waals surface area contributed by atoms with E-state index in [9.17, 15) is 0 Å². The lowest BCUT2D eigenvalue weighted by Crippen LogP contribution is -2.34. The largest absolute Gasteiger partial charge is 0.370 e. The zero-order chi connectivity index (χ0) is 13.5. The average molecular weight is 377 g/mol. The molecule has 1 rings (SSSR count). The van der Waals surface area contributed by atoms with Gasteiger partial charge in [0.1, 0.15) is 5.82 Å². The van der Waals surface area contributed by atoms with Gasteiger partial charge in [0.05, 0.1) is 6.54 Å². The number of nitrogens with one attached hydrogen (secondary N) is 1. The van der Waals surface area contributed by atoms with Gasteiger partial charge in [0.25, 0.3) is 0 Å². The van der Waals surface area contributed by atoms with Gasteiger partial charge in [-0.15, -0.1) is 24.0 Å². The van der Waals surface area contributed by atoms with Crippen LogP contribution in [-0.4, -0.2) is 31.6 Å². The van der Waals surface area contributed by atoms with Crippen LogP contribution in [0.15, 0.2) is 23.3 Å². The molecule has 0 atom stereocenters. The molecule has 0 aliphatic carbocycles. The Morgan fingerprint density at radius 3 is 2.74 bits per heavy atom. The molecule has 5 nitrogen and oxygen atoms in total. The zero-order valence-electron chi connectivity index (χ0n) is 12.1. The summed E-state index contributed by atoms with van der Waals surface area (Å²) in [6, 6.07) is 3.96. The lowest BCUT2D eigenvalue weighted by Gasteiger charge is -2.11. The first-order chi connectivity index (χ1) is 8.49. The number of aromatic nitrogens is 1. The van der Waals surface area contributed by atoms with E-state index in [1.54, 1.807) is 6.20 Å². The second-order valence-electron chi connectivity index (χ2n) is 4.89. The highest BCUT2D eigenvalue weighted by atomic mass is 127. The number of nitrogens with two attached hydrogens (primary N) is 1. The van der Waals surface area contributed by atoms with E-state index >= 15 is 0 Å². The highest BCUT2D eigenvalue weighted by molar-refractivity contribution is 14.0. The van der Waals surface area contributed by atoms with Crippen LogP contribution in [0.2, 0.25) is 0 Å². The minimum Gasteiger partial charge on any atom is -0.370 e. The first-order valence-electron chi connectivity index (χ1n) is 6.15. The molecule has 6 heteroatoms. The van der Waals surface area contributed by atoms with Gasteiger partial charge in [-0.1, -0.05) is 13.8 Å². The summed E-state index contributed by atoms with van der Waals surface area (Å²) in [5, 5.41) is 3.09. The molecule has 0 amide bonds. The van der Waals surface area contributed by atoms with Gasteiger partial charge in [0.15, 0.2) is 5.96 Å². The Labute approximate surface area is 132 Å². The van der Waals surface area contributed by atoms with Crippen molar-refractivity contribution in [2.24, 2.45) is 16.6 Å². The second kappa shape index (κ2) is 8.95. The smallest absolute Gasteiger partial charge is 0.188 e. The van der Waals surface area contributed by atoms with Gasteiger partial charge in [-0.25, -0.2) is 9.98 Å². The second-order valence-corrected chi connectivity index (χ2v) is 4.89. The summed E-state index contributed by atoms with van der Waals surface area (Å²) in [4.78, 5) is 10.5. The Kier molecular flexibility index (Phi) is 8.46. The Morgan fingerprint density at radius 2 is 2.16 bits per heavy atom. The normalized spacial score (nSPS) is 11.1. The first-order valence-corrected chi connectivity index (χ1v) is 6.15. The number of aliphatic imine (C=N–C) groups is 1. The molecular formula is C13H24IN5. The predicted octanol–water partition coefficient (Wildman–Crippen LogP) is 1.83. The zero-order valence-corrected chi connectivity index (χ0v) is 14.4. The van der Waals surface area contributed by atoms with Gasteiger partial charge >= 0.3 is 0 Å². The minimum absolute atomic E-state index is 0. The number of pyridine rings is 1. The van der Waals surface area contributed by atoms with E-state index in [4.69, 9.17) is 5.73 Å². The fourth-order valence-electron chi connectivity index (χ4n) is 1.34. The highest BCUT2D eigenvalue weighted by Crippen LogP contribution is 2.10. The van der Waals surface area contributed by atoms with Gasteiger partial charge in [-0.3, -0.25) is 0 Å². The molecule has 0 aromatic carbocycles. The van der Waals surface area contributed by atoms with Crippen LogP contribution < -0.4 is 16.0 Å². The molecule has 0 fully saturated rings. The van der Waals surface area contributed by atoms with Crippen molar-refractivity contribution in [1.82, 2.24) is 10.3 Å². The van der Waals surface area contributed by atoms with Gasteiger partial charge in [-0.2, -0.15) is 0 Å². The number of anilines is 1. The summed E-state index contributed by atoms with van der Waals surface area (Å²) >= 11 is 0. The number of hydrogen-bond acceptors (Lipinski definition) is 3. The Morgan fingerprint density at radius 1 is 1.47 bits per heavy atom. The van der Waals surface area contributed by atoms with Gasteiger partial charge in [-0.05, 0) is 23.6 Å². The number of rotatable bonds is 5. The summed E-state index contributed by atoms with van der Waals surface area (Å²) < 4.78 is 0. The van der Waals surface area contributed by atoms with Crippen molar-refractivity contribution in [2.75, 3.05) is 25.5 Å². The fraction of sp³-hybridized carbons (Fsp3) is 0.538. The van der Waals surface area contributed by atoms with Crippen molar-refractivity contribution >= 4 is 35.8 Å². The maximum atomic E-state index is 5.78. The Balaban J connectivity index is 0.00000324. The van der Waals surface area contributed by atoms with E-state index in [-0.39, 0.29) is 24.0 Å². The Hall–Kier alpha value is -1.05. The molecule has 0 aliphatic rings. The van der Waals surface area contributed by atoms with Crippen LogP contribution in [0.4, 0.5) is 5.82 Å². The molecule has 1 heterocycles. The van der Waals surface area contributed by atoms with Crippen molar-refractivity contribution in [3.05, 3.63) is 23.9 Å². The lowest BCUT2D eigenvalue weighted by molar-refractivity contribution is 0.622. The summed E-state index contributed by atoms with van der Waals surface area (Å²) in [7, 11) is 3.93. The maximum absolute atomic E-state index is 5.78. The molecule has 0 bridgehead atoms. The van der Waals surface area contributed by atoms with E-state index in [1.807, 2.05) is 31.1 Å². The third-order valence-electron chi connectivity index (χ3n) is 2.39. The number of hydrogen-bond donors (Lipinski definition) is 2. The summed E-state index contributed by atoms with van der Waals surface area (Å²) in [6.07, 6.45) is 1.79. The summed E-state index contributed by atoms with van der Waals surface area (Å²) in [6.45, 7) is 5.67. The van der Waals surface area contributed by atoms with Gasteiger partial charge in [0.2, 0.25) is 0 Å². The fourth-order valence-corrected chi connectivity index (χ4v) is 1.34. The van der Waals surface area contributed by atoms with Crippen LogP contribution in [0.25, 0.3) is 0 Å². The molecule has 0 unspecified atom stereocenters. The van der Waals surface area contributed by atoms with Crippen LogP contribution in [0.1, 0.15) is 19.4 Å². The third kappa shape index (κ3) is 7.19. The number of halogens is 1. The van der Waals surface area contributed by atoms with Gasteiger partial charge < -0.3 is 16.0 Å². The van der Waals surface area contributed by atoms with Crippen LogP contribution in [0.3, 0.4) is 0 Å². The van der Waals surface area contributed by atoms with Crippen molar-refractivity contribution < 1.29 is 0 Å². The highest BCUT2D eigenvalue weighted by Gasteiger charge is 1.99. The maximum Gasteiger partial charge on any atom is 0.188 e. The van der Waals surface area contributed by atoms with E-state index < -0.39 is 0 Å². The molecule has 0 aliphatic heterocycles. The van der Waals surface area contributed by atoms with Crippen molar-refractivity contribution in [2.45, 2.75) is 20.4 Å². The lowest BCUT2D eigenvalue weighted by atomic mass is 10.2. The monoisotopic (exact) mass is 377 g/mol. The molecule has 0 saturated heterocycles. The molecular weight excluding hydrogens is 353 g/mol. The Bertz CT molecular complexity index is 404. The van der Waals surface area contributed by atoms with Gasteiger partial charge in [0, 0.05) is 26.8 Å². The number of nitrogens with zero attached hydrogens (tertiary/aromatic N) is 3. The van der Waals surface area contributed by atoms with Crippen LogP contribution in [0.5, 0.6) is 0 Å². The number of guanidine groups is 1. The van der Waals surface area contributed by atoms with E-state index in [2.05, 4.69) is 29.1 Å². The summed E-state index contributed by atoms with van der Waals surface area (Å²) in [5.74, 6) is 1.98.